The van der Waals surface area contributed by atoms with E-state index in [1.165, 1.54) is 0 Å². The predicted octanol–water partition coefficient (Wildman–Crippen LogP) is 4.05. The molecule has 6 nitrogen and oxygen atoms in total. The number of methoxy groups -OCH3 is 1. The molecule has 0 bridgehead atoms. The molecule has 0 fully saturated rings. The Labute approximate surface area is 149 Å². The molecule has 0 atom stereocenters. The van der Waals surface area contributed by atoms with E-state index in [4.69, 9.17) is 4.74 Å². The van der Waals surface area contributed by atoms with Crippen LogP contribution >= 0.6 is 0 Å². The van der Waals surface area contributed by atoms with Crippen molar-refractivity contribution in [1.29, 1.82) is 0 Å². The molecule has 1 aromatic heterocycles. The van der Waals surface area contributed by atoms with Gasteiger partial charge in [-0.25, -0.2) is 0 Å². The van der Waals surface area contributed by atoms with Crippen molar-refractivity contribution in [3.8, 4) is 17.1 Å². The maximum atomic E-state index is 12.0. The lowest BCUT2D eigenvalue weighted by Crippen LogP contribution is -2.30. The molecule has 25 heavy (non-hydrogen) atoms. The zero-order chi connectivity index (χ0) is 18.4. The van der Waals surface area contributed by atoms with Crippen molar-refractivity contribution in [2.75, 3.05) is 18.6 Å². The topological polar surface area (TPSA) is 71.1 Å². The number of benzene rings is 1. The van der Waals surface area contributed by atoms with Crippen molar-refractivity contribution in [2.24, 2.45) is 5.41 Å². The summed E-state index contributed by atoms with van der Waals surface area (Å²) in [4.78, 5) is 18.1. The summed E-state index contributed by atoms with van der Waals surface area (Å²) in [6.07, 6.45) is 3.14. The average molecular weight is 344 g/mol. The number of hydrogen-bond acceptors (Lipinski definition) is 4. The standard InChI is InChI=1S/C19H28N4O2/c1-14(24)23(13-7-6-12-19(2,3)4)18-20-17(21-22-18)15-8-10-16(25-5)11-9-15/h8-11H,6-7,12-13H2,1-5H3,(H,20,21,22). The third-order valence-electron chi connectivity index (χ3n) is 4.02. The Hall–Kier alpha value is -2.37. The number of rotatable bonds is 7. The van der Waals surface area contributed by atoms with Gasteiger partial charge in [0.1, 0.15) is 5.75 Å². The van der Waals surface area contributed by atoms with Gasteiger partial charge in [0.25, 0.3) is 5.95 Å². The molecule has 1 N–H and O–H groups in total. The van der Waals surface area contributed by atoms with Gasteiger partial charge in [-0.2, -0.15) is 4.98 Å². The molecule has 1 amide bonds. The van der Waals surface area contributed by atoms with Gasteiger partial charge in [-0.05, 0) is 42.5 Å². The fourth-order valence-electron chi connectivity index (χ4n) is 2.58. The molecular formula is C19H28N4O2. The van der Waals surface area contributed by atoms with E-state index in [-0.39, 0.29) is 5.91 Å². The van der Waals surface area contributed by atoms with Gasteiger partial charge in [0.2, 0.25) is 5.91 Å². The summed E-state index contributed by atoms with van der Waals surface area (Å²) in [5, 5.41) is 7.14. The Morgan fingerprint density at radius 1 is 1.20 bits per heavy atom. The first-order valence-electron chi connectivity index (χ1n) is 8.65. The molecule has 0 saturated carbocycles. The molecule has 0 spiro atoms. The van der Waals surface area contributed by atoms with Crippen LogP contribution in [0.15, 0.2) is 24.3 Å². The third-order valence-corrected chi connectivity index (χ3v) is 4.02. The summed E-state index contributed by atoms with van der Waals surface area (Å²) in [5.41, 5.74) is 1.21. The normalized spacial score (nSPS) is 11.4. The lowest BCUT2D eigenvalue weighted by molar-refractivity contribution is -0.116. The van der Waals surface area contributed by atoms with Crippen LogP contribution in [0, 0.1) is 5.41 Å². The number of nitrogens with zero attached hydrogens (tertiary/aromatic N) is 3. The van der Waals surface area contributed by atoms with Gasteiger partial charge in [-0.3, -0.25) is 14.8 Å². The minimum Gasteiger partial charge on any atom is -0.497 e. The molecule has 136 valence electrons. The highest BCUT2D eigenvalue weighted by Crippen LogP contribution is 2.23. The summed E-state index contributed by atoms with van der Waals surface area (Å²) >= 11 is 0. The van der Waals surface area contributed by atoms with Crippen molar-refractivity contribution in [3.05, 3.63) is 24.3 Å². The fourth-order valence-corrected chi connectivity index (χ4v) is 2.58. The Balaban J connectivity index is 2.04. The minimum atomic E-state index is -0.0453. The zero-order valence-electron chi connectivity index (χ0n) is 15.8. The maximum absolute atomic E-state index is 12.0. The Bertz CT molecular complexity index is 686. The summed E-state index contributed by atoms with van der Waals surface area (Å²) in [6.45, 7) is 8.86. The molecule has 0 aliphatic carbocycles. The van der Waals surface area contributed by atoms with E-state index in [2.05, 4.69) is 36.0 Å². The number of carbonyl (C=O) groups excluding carboxylic acids is 1. The molecular weight excluding hydrogens is 316 g/mol. The van der Waals surface area contributed by atoms with Gasteiger partial charge >= 0.3 is 0 Å². The molecule has 6 heteroatoms. The number of anilines is 1. The Kier molecular flexibility index (Phi) is 6.17. The third kappa shape index (κ3) is 5.59. The lowest BCUT2D eigenvalue weighted by atomic mass is 9.90. The number of nitrogens with one attached hydrogen (secondary N) is 1. The van der Waals surface area contributed by atoms with Crippen molar-refractivity contribution < 1.29 is 9.53 Å². The Morgan fingerprint density at radius 2 is 1.88 bits per heavy atom. The first kappa shape index (κ1) is 19.0. The van der Waals surface area contributed by atoms with Crippen molar-refractivity contribution in [1.82, 2.24) is 15.2 Å². The second-order valence-electron chi connectivity index (χ2n) is 7.40. The highest BCUT2D eigenvalue weighted by atomic mass is 16.5. The van der Waals surface area contributed by atoms with E-state index in [0.717, 1.165) is 30.6 Å². The van der Waals surface area contributed by atoms with Crippen LogP contribution < -0.4 is 9.64 Å². The van der Waals surface area contributed by atoms with Crippen LogP contribution in [0.5, 0.6) is 5.75 Å². The molecule has 1 aromatic carbocycles. The van der Waals surface area contributed by atoms with Gasteiger partial charge in [-0.15, -0.1) is 5.10 Å². The van der Waals surface area contributed by atoms with Gasteiger partial charge < -0.3 is 4.74 Å². The van der Waals surface area contributed by atoms with Crippen LogP contribution in [0.2, 0.25) is 0 Å². The summed E-state index contributed by atoms with van der Waals surface area (Å²) in [7, 11) is 1.63. The fraction of sp³-hybridized carbons (Fsp3) is 0.526. The largest absolute Gasteiger partial charge is 0.497 e. The van der Waals surface area contributed by atoms with E-state index in [9.17, 15) is 4.79 Å². The molecule has 0 aliphatic rings. The van der Waals surface area contributed by atoms with Crippen LogP contribution in [0.25, 0.3) is 11.4 Å². The van der Waals surface area contributed by atoms with E-state index < -0.39 is 0 Å². The van der Waals surface area contributed by atoms with E-state index in [1.807, 2.05) is 24.3 Å². The second-order valence-corrected chi connectivity index (χ2v) is 7.40. The highest BCUT2D eigenvalue weighted by Gasteiger charge is 2.17. The summed E-state index contributed by atoms with van der Waals surface area (Å²) < 4.78 is 5.16. The minimum absolute atomic E-state index is 0.0453. The SMILES string of the molecule is COc1ccc(-c2nc(N(CCCCC(C)(C)C)C(C)=O)n[nH]2)cc1. The quantitative estimate of drug-likeness (QED) is 0.769. The molecule has 0 radical (unpaired) electrons. The van der Waals surface area contributed by atoms with Crippen LogP contribution in [0.1, 0.15) is 47.0 Å². The smallest absolute Gasteiger partial charge is 0.251 e. The van der Waals surface area contributed by atoms with Gasteiger partial charge in [0, 0.05) is 19.0 Å². The number of hydrogen-bond donors (Lipinski definition) is 1. The lowest BCUT2D eigenvalue weighted by Gasteiger charge is -2.20. The van der Waals surface area contributed by atoms with Crippen LogP contribution in [0.4, 0.5) is 5.95 Å². The summed E-state index contributed by atoms with van der Waals surface area (Å²) in [6, 6.07) is 7.55. The monoisotopic (exact) mass is 344 g/mol. The Morgan fingerprint density at radius 3 is 2.44 bits per heavy atom. The van der Waals surface area contributed by atoms with Crippen LogP contribution in [-0.2, 0) is 4.79 Å². The zero-order valence-corrected chi connectivity index (χ0v) is 15.8. The predicted molar refractivity (Wildman–Crippen MR) is 99.7 cm³/mol. The van der Waals surface area contributed by atoms with Crippen molar-refractivity contribution >= 4 is 11.9 Å². The van der Waals surface area contributed by atoms with Gasteiger partial charge in [-0.1, -0.05) is 27.2 Å². The summed E-state index contributed by atoms with van der Waals surface area (Å²) in [5.74, 6) is 1.80. The number of amides is 1. The number of aromatic amines is 1. The number of aromatic nitrogens is 3. The van der Waals surface area contributed by atoms with E-state index in [0.29, 0.717) is 23.7 Å². The maximum Gasteiger partial charge on any atom is 0.251 e. The van der Waals surface area contributed by atoms with Crippen molar-refractivity contribution in [3.63, 3.8) is 0 Å². The first-order valence-corrected chi connectivity index (χ1v) is 8.65. The molecule has 0 unspecified atom stereocenters. The highest BCUT2D eigenvalue weighted by molar-refractivity contribution is 5.89. The van der Waals surface area contributed by atoms with Gasteiger partial charge in [0.15, 0.2) is 5.82 Å². The first-order chi connectivity index (χ1) is 11.8. The second kappa shape index (κ2) is 8.14. The number of H-pyrrole nitrogens is 1. The van der Waals surface area contributed by atoms with Crippen molar-refractivity contribution in [2.45, 2.75) is 47.0 Å². The van der Waals surface area contributed by atoms with Crippen LogP contribution in [0.3, 0.4) is 0 Å². The number of ether oxygens (including phenoxy) is 1. The van der Waals surface area contributed by atoms with E-state index >= 15 is 0 Å². The molecule has 0 aliphatic heterocycles. The average Bonchev–Trinajstić information content (AvgIpc) is 3.03. The molecule has 1 heterocycles. The number of carbonyl (C=O) groups is 1. The molecule has 2 aromatic rings. The molecule has 2 rings (SSSR count). The molecule has 0 saturated heterocycles. The number of unbranched alkanes of at least 4 members (excludes halogenated alkanes) is 1. The van der Waals surface area contributed by atoms with Crippen LogP contribution in [-0.4, -0.2) is 34.7 Å². The van der Waals surface area contributed by atoms with Gasteiger partial charge in [0.05, 0.1) is 7.11 Å². The van der Waals surface area contributed by atoms with E-state index in [1.54, 1.807) is 18.9 Å².